The fourth-order valence-corrected chi connectivity index (χ4v) is 2.74. The number of carbonyl (C=O) groups is 2. The first-order valence-electron chi connectivity index (χ1n) is 7.91. The van der Waals surface area contributed by atoms with Crippen molar-refractivity contribution in [3.8, 4) is 0 Å². The average Bonchev–Trinajstić information content (AvgIpc) is 2.79. The maximum absolute atomic E-state index is 12.3. The van der Waals surface area contributed by atoms with Crippen molar-refractivity contribution in [2.45, 2.75) is 26.7 Å². The van der Waals surface area contributed by atoms with Gasteiger partial charge in [-0.2, -0.15) is 0 Å². The van der Waals surface area contributed by atoms with E-state index in [0.717, 1.165) is 24.4 Å². The molecule has 0 aromatic carbocycles. The van der Waals surface area contributed by atoms with Gasteiger partial charge in [-0.15, -0.1) is 0 Å². The molecule has 1 aliphatic heterocycles. The van der Waals surface area contributed by atoms with Crippen LogP contribution in [0.1, 0.15) is 24.2 Å². The van der Waals surface area contributed by atoms with Gasteiger partial charge < -0.3 is 9.80 Å². The quantitative estimate of drug-likeness (QED) is 0.840. The number of nitrogens with one attached hydrogen (secondary N) is 1. The first-order valence-corrected chi connectivity index (χ1v) is 7.91. The third-order valence-corrected chi connectivity index (χ3v) is 3.84. The van der Waals surface area contributed by atoms with Crippen LogP contribution in [0.4, 0.5) is 5.95 Å². The molecule has 1 aromatic heterocycles. The summed E-state index contributed by atoms with van der Waals surface area (Å²) in [5.74, 6) is -0.152. The van der Waals surface area contributed by atoms with Crippen LogP contribution in [-0.2, 0) is 9.59 Å². The van der Waals surface area contributed by atoms with Crippen LogP contribution in [0.15, 0.2) is 6.07 Å². The maximum Gasteiger partial charge on any atom is 0.232 e. The van der Waals surface area contributed by atoms with Crippen LogP contribution < -0.4 is 5.32 Å². The second-order valence-electron chi connectivity index (χ2n) is 6.36. The number of hydrogen-bond acceptors (Lipinski definition) is 5. The second-order valence-corrected chi connectivity index (χ2v) is 6.36. The van der Waals surface area contributed by atoms with E-state index in [9.17, 15) is 9.59 Å². The monoisotopic (exact) mass is 319 g/mol. The van der Waals surface area contributed by atoms with E-state index in [1.807, 2.05) is 34.0 Å². The molecule has 1 fully saturated rings. The van der Waals surface area contributed by atoms with Gasteiger partial charge >= 0.3 is 0 Å². The van der Waals surface area contributed by atoms with Crippen LogP contribution in [0.3, 0.4) is 0 Å². The van der Waals surface area contributed by atoms with Crippen molar-refractivity contribution in [1.29, 1.82) is 0 Å². The van der Waals surface area contributed by atoms with Crippen molar-refractivity contribution in [2.75, 3.05) is 39.0 Å². The van der Waals surface area contributed by atoms with Crippen LogP contribution in [0.2, 0.25) is 0 Å². The highest BCUT2D eigenvalue weighted by atomic mass is 16.2. The van der Waals surface area contributed by atoms with Gasteiger partial charge in [-0.1, -0.05) is 0 Å². The minimum atomic E-state index is -0.328. The van der Waals surface area contributed by atoms with E-state index >= 15 is 0 Å². The summed E-state index contributed by atoms with van der Waals surface area (Å²) in [6.07, 6.45) is 1.17. The van der Waals surface area contributed by atoms with Gasteiger partial charge in [0.1, 0.15) is 0 Å². The van der Waals surface area contributed by atoms with Crippen molar-refractivity contribution in [2.24, 2.45) is 5.92 Å². The Bertz CT molecular complexity index is 568. The Morgan fingerprint density at radius 2 is 2.00 bits per heavy atom. The zero-order valence-electron chi connectivity index (χ0n) is 14.3. The lowest BCUT2D eigenvalue weighted by molar-refractivity contribution is -0.128. The molecular weight excluding hydrogens is 294 g/mol. The van der Waals surface area contributed by atoms with E-state index in [2.05, 4.69) is 20.2 Å². The molecule has 1 atom stereocenters. The summed E-state index contributed by atoms with van der Waals surface area (Å²) in [6.45, 7) is 5.81. The van der Waals surface area contributed by atoms with Gasteiger partial charge in [0, 0.05) is 30.9 Å². The fourth-order valence-electron chi connectivity index (χ4n) is 2.74. The predicted molar refractivity (Wildman–Crippen MR) is 88.0 cm³/mol. The summed E-state index contributed by atoms with van der Waals surface area (Å²) in [5, 5.41) is 2.73. The Hall–Kier alpha value is -2.02. The summed E-state index contributed by atoms with van der Waals surface area (Å²) in [4.78, 5) is 36.6. The highest BCUT2D eigenvalue weighted by Crippen LogP contribution is 2.19. The molecule has 0 aliphatic carbocycles. The predicted octanol–water partition coefficient (Wildman–Crippen LogP) is 0.832. The molecular formula is C16H25N5O2. The molecule has 1 N–H and O–H groups in total. The molecule has 0 bridgehead atoms. The molecule has 1 saturated heterocycles. The number of amides is 2. The lowest BCUT2D eigenvalue weighted by atomic mass is 10.1. The van der Waals surface area contributed by atoms with E-state index in [1.54, 1.807) is 4.90 Å². The fraction of sp³-hybridized carbons (Fsp3) is 0.625. The Morgan fingerprint density at radius 1 is 1.35 bits per heavy atom. The Labute approximate surface area is 137 Å². The summed E-state index contributed by atoms with van der Waals surface area (Å²) >= 11 is 0. The highest BCUT2D eigenvalue weighted by molar-refractivity contribution is 5.96. The molecule has 23 heavy (non-hydrogen) atoms. The normalized spacial score (nSPS) is 17.9. The summed E-state index contributed by atoms with van der Waals surface area (Å²) in [7, 11) is 4.01. The molecule has 7 nitrogen and oxygen atoms in total. The smallest absolute Gasteiger partial charge is 0.232 e. The van der Waals surface area contributed by atoms with E-state index in [1.165, 1.54) is 0 Å². The molecule has 126 valence electrons. The van der Waals surface area contributed by atoms with Gasteiger partial charge in [-0.3, -0.25) is 14.9 Å². The van der Waals surface area contributed by atoms with Gasteiger partial charge in [0.25, 0.3) is 0 Å². The number of hydrogen-bond donors (Lipinski definition) is 1. The molecule has 1 aromatic rings. The number of aryl methyl sites for hydroxylation is 2. The molecule has 2 heterocycles. The number of rotatable bonds is 6. The summed E-state index contributed by atoms with van der Waals surface area (Å²) in [5.41, 5.74) is 1.61. The Kier molecular flexibility index (Phi) is 5.65. The van der Waals surface area contributed by atoms with Crippen LogP contribution in [-0.4, -0.2) is 65.3 Å². The number of nitrogens with zero attached hydrogens (tertiary/aromatic N) is 4. The number of likely N-dealkylation sites (tertiary alicyclic amines) is 1. The second kappa shape index (κ2) is 7.50. The highest BCUT2D eigenvalue weighted by Gasteiger charge is 2.34. The summed E-state index contributed by atoms with van der Waals surface area (Å²) in [6, 6.07) is 1.85. The standard InChI is InChI=1S/C16H25N5O2/c1-11-8-12(2)18-16(17-11)19-15(23)13-9-14(22)21(10-13)7-5-6-20(3)4/h8,13H,5-7,9-10H2,1-4H3,(H,17,18,19,23). The zero-order valence-corrected chi connectivity index (χ0v) is 14.3. The molecule has 0 spiro atoms. The molecule has 1 unspecified atom stereocenters. The van der Waals surface area contributed by atoms with Crippen LogP contribution in [0, 0.1) is 19.8 Å². The number of anilines is 1. The zero-order chi connectivity index (χ0) is 17.0. The van der Waals surface area contributed by atoms with Crippen LogP contribution in [0.5, 0.6) is 0 Å². The van der Waals surface area contributed by atoms with Crippen molar-refractivity contribution >= 4 is 17.8 Å². The number of carbonyl (C=O) groups excluding carboxylic acids is 2. The van der Waals surface area contributed by atoms with Crippen molar-refractivity contribution in [3.63, 3.8) is 0 Å². The molecule has 2 amide bonds. The van der Waals surface area contributed by atoms with Crippen molar-refractivity contribution < 1.29 is 9.59 Å². The minimum absolute atomic E-state index is 0.0465. The van der Waals surface area contributed by atoms with Crippen molar-refractivity contribution in [3.05, 3.63) is 17.5 Å². The topological polar surface area (TPSA) is 78.4 Å². The first-order chi connectivity index (χ1) is 10.8. The van der Waals surface area contributed by atoms with Gasteiger partial charge in [-0.05, 0) is 47.0 Å². The summed E-state index contributed by atoms with van der Waals surface area (Å²) < 4.78 is 0. The van der Waals surface area contributed by atoms with E-state index in [4.69, 9.17) is 0 Å². The van der Waals surface area contributed by atoms with E-state index in [0.29, 0.717) is 19.0 Å². The van der Waals surface area contributed by atoms with E-state index < -0.39 is 0 Å². The van der Waals surface area contributed by atoms with Crippen molar-refractivity contribution in [1.82, 2.24) is 19.8 Å². The molecule has 0 radical (unpaired) electrons. The lowest BCUT2D eigenvalue weighted by Crippen LogP contribution is -2.30. The Balaban J connectivity index is 1.89. The minimum Gasteiger partial charge on any atom is -0.342 e. The lowest BCUT2D eigenvalue weighted by Gasteiger charge is -2.18. The molecule has 2 rings (SSSR count). The molecule has 7 heteroatoms. The molecule has 0 saturated carbocycles. The van der Waals surface area contributed by atoms with Gasteiger partial charge in [0.05, 0.1) is 5.92 Å². The number of aromatic nitrogens is 2. The third kappa shape index (κ3) is 4.99. The first kappa shape index (κ1) is 17.3. The SMILES string of the molecule is Cc1cc(C)nc(NC(=O)C2CC(=O)N(CCCN(C)C)C2)n1. The molecule has 1 aliphatic rings. The maximum atomic E-state index is 12.3. The van der Waals surface area contributed by atoms with Crippen LogP contribution >= 0.6 is 0 Å². The third-order valence-electron chi connectivity index (χ3n) is 3.84. The van der Waals surface area contributed by atoms with Crippen LogP contribution in [0.25, 0.3) is 0 Å². The van der Waals surface area contributed by atoms with Gasteiger partial charge in [-0.25, -0.2) is 9.97 Å². The average molecular weight is 319 g/mol. The van der Waals surface area contributed by atoms with E-state index in [-0.39, 0.29) is 24.2 Å². The Morgan fingerprint density at radius 3 is 2.61 bits per heavy atom. The largest absolute Gasteiger partial charge is 0.342 e. The van der Waals surface area contributed by atoms with Gasteiger partial charge in [0.15, 0.2) is 0 Å². The van der Waals surface area contributed by atoms with Gasteiger partial charge in [0.2, 0.25) is 17.8 Å².